The number of aliphatic hydroxyl groups is 1. The number of phenolic OH excluding ortho intramolecular Hbond substituents is 2. The Labute approximate surface area is 82.6 Å². The highest BCUT2D eigenvalue weighted by Crippen LogP contribution is 2.53. The number of aliphatic hydroxyl groups excluding tert-OH is 1. The van der Waals surface area contributed by atoms with Gasteiger partial charge in [-0.05, 0) is 25.8 Å². The van der Waals surface area contributed by atoms with Gasteiger partial charge in [0, 0.05) is 17.0 Å². The van der Waals surface area contributed by atoms with E-state index in [1.54, 1.807) is 13.0 Å². The third-order valence-corrected chi connectivity index (χ3v) is 3.11. The minimum atomic E-state index is -0.460. The van der Waals surface area contributed by atoms with Gasteiger partial charge < -0.3 is 15.3 Å². The standard InChI is InChI=1S/C11H14O3/c1-7(12)11(4-5-11)9-3-2-8(13)6-10(9)14/h2-3,6-7,12-14H,4-5H2,1H3. The normalized spacial score (nSPS) is 20.4. The zero-order valence-corrected chi connectivity index (χ0v) is 8.07. The topological polar surface area (TPSA) is 60.7 Å². The van der Waals surface area contributed by atoms with Crippen LogP contribution in [0.5, 0.6) is 11.5 Å². The molecule has 3 heteroatoms. The maximum absolute atomic E-state index is 9.64. The van der Waals surface area contributed by atoms with Crippen LogP contribution in [0, 0.1) is 0 Å². The molecular weight excluding hydrogens is 180 g/mol. The molecular formula is C11H14O3. The van der Waals surface area contributed by atoms with Crippen molar-refractivity contribution in [2.24, 2.45) is 0 Å². The molecule has 1 atom stereocenters. The molecule has 1 unspecified atom stereocenters. The van der Waals surface area contributed by atoms with Crippen molar-refractivity contribution in [1.29, 1.82) is 0 Å². The number of aromatic hydroxyl groups is 2. The second-order valence-corrected chi connectivity index (χ2v) is 4.03. The Morgan fingerprint density at radius 2 is 1.93 bits per heavy atom. The van der Waals surface area contributed by atoms with E-state index in [1.165, 1.54) is 12.1 Å². The van der Waals surface area contributed by atoms with E-state index in [9.17, 15) is 10.2 Å². The van der Waals surface area contributed by atoms with E-state index >= 15 is 0 Å². The van der Waals surface area contributed by atoms with Crippen molar-refractivity contribution in [2.45, 2.75) is 31.3 Å². The van der Waals surface area contributed by atoms with Gasteiger partial charge in [0.25, 0.3) is 0 Å². The smallest absolute Gasteiger partial charge is 0.123 e. The second-order valence-electron chi connectivity index (χ2n) is 4.03. The molecule has 0 amide bonds. The maximum atomic E-state index is 9.64. The van der Waals surface area contributed by atoms with Gasteiger partial charge in [-0.2, -0.15) is 0 Å². The van der Waals surface area contributed by atoms with Crippen molar-refractivity contribution < 1.29 is 15.3 Å². The predicted molar refractivity (Wildman–Crippen MR) is 52.4 cm³/mol. The fraction of sp³-hybridized carbons (Fsp3) is 0.455. The zero-order valence-electron chi connectivity index (χ0n) is 8.07. The summed E-state index contributed by atoms with van der Waals surface area (Å²) in [6, 6.07) is 4.54. The average molecular weight is 194 g/mol. The molecule has 2 rings (SSSR count). The summed E-state index contributed by atoms with van der Waals surface area (Å²) in [5, 5.41) is 28.4. The van der Waals surface area contributed by atoms with Crippen LogP contribution in [0.2, 0.25) is 0 Å². The first-order valence-corrected chi connectivity index (χ1v) is 4.77. The summed E-state index contributed by atoms with van der Waals surface area (Å²) in [5.41, 5.74) is 0.461. The van der Waals surface area contributed by atoms with Crippen molar-refractivity contribution in [3.05, 3.63) is 23.8 Å². The lowest BCUT2D eigenvalue weighted by Crippen LogP contribution is -2.22. The fourth-order valence-corrected chi connectivity index (χ4v) is 1.99. The molecule has 76 valence electrons. The van der Waals surface area contributed by atoms with Crippen LogP contribution in [0.15, 0.2) is 18.2 Å². The lowest BCUT2D eigenvalue weighted by molar-refractivity contribution is 0.149. The molecule has 0 spiro atoms. The van der Waals surface area contributed by atoms with Gasteiger partial charge in [-0.1, -0.05) is 6.07 Å². The number of phenols is 2. The van der Waals surface area contributed by atoms with Gasteiger partial charge in [0.1, 0.15) is 11.5 Å². The number of hydrogen-bond donors (Lipinski definition) is 3. The van der Waals surface area contributed by atoms with Crippen molar-refractivity contribution in [3.63, 3.8) is 0 Å². The first-order chi connectivity index (χ1) is 6.56. The molecule has 0 saturated heterocycles. The van der Waals surface area contributed by atoms with Crippen LogP contribution in [0.4, 0.5) is 0 Å². The highest BCUT2D eigenvalue weighted by Gasteiger charge is 2.49. The predicted octanol–water partition coefficient (Wildman–Crippen LogP) is 1.51. The van der Waals surface area contributed by atoms with E-state index < -0.39 is 6.10 Å². The van der Waals surface area contributed by atoms with Crippen molar-refractivity contribution >= 4 is 0 Å². The van der Waals surface area contributed by atoms with Crippen LogP contribution in [-0.2, 0) is 5.41 Å². The molecule has 0 aromatic heterocycles. The van der Waals surface area contributed by atoms with Crippen LogP contribution < -0.4 is 0 Å². The van der Waals surface area contributed by atoms with Gasteiger partial charge in [-0.25, -0.2) is 0 Å². The highest BCUT2D eigenvalue weighted by atomic mass is 16.3. The van der Waals surface area contributed by atoms with Crippen molar-refractivity contribution in [2.75, 3.05) is 0 Å². The Morgan fingerprint density at radius 3 is 2.36 bits per heavy atom. The summed E-state index contributed by atoms with van der Waals surface area (Å²) >= 11 is 0. The van der Waals surface area contributed by atoms with E-state index in [-0.39, 0.29) is 16.9 Å². The molecule has 3 N–H and O–H groups in total. The first-order valence-electron chi connectivity index (χ1n) is 4.77. The van der Waals surface area contributed by atoms with E-state index in [0.717, 1.165) is 18.4 Å². The maximum Gasteiger partial charge on any atom is 0.123 e. The van der Waals surface area contributed by atoms with Crippen LogP contribution in [0.1, 0.15) is 25.3 Å². The molecule has 1 aromatic rings. The summed E-state index contributed by atoms with van der Waals surface area (Å²) in [6.07, 6.45) is 1.32. The summed E-state index contributed by atoms with van der Waals surface area (Å²) < 4.78 is 0. The van der Waals surface area contributed by atoms with Gasteiger partial charge in [0.15, 0.2) is 0 Å². The van der Waals surface area contributed by atoms with Crippen LogP contribution in [0.25, 0.3) is 0 Å². The summed E-state index contributed by atoms with van der Waals surface area (Å²) in [5.74, 6) is 0.121. The third-order valence-electron chi connectivity index (χ3n) is 3.11. The van der Waals surface area contributed by atoms with E-state index in [0.29, 0.717) is 0 Å². The molecule has 1 aliphatic carbocycles. The van der Waals surface area contributed by atoms with E-state index in [1.807, 2.05) is 0 Å². The zero-order chi connectivity index (χ0) is 10.3. The number of hydrogen-bond acceptors (Lipinski definition) is 3. The van der Waals surface area contributed by atoms with Crippen molar-refractivity contribution in [3.8, 4) is 11.5 Å². The van der Waals surface area contributed by atoms with Gasteiger partial charge in [-0.3, -0.25) is 0 Å². The Morgan fingerprint density at radius 1 is 1.29 bits per heavy atom. The number of benzene rings is 1. The first kappa shape index (κ1) is 9.34. The van der Waals surface area contributed by atoms with E-state index in [2.05, 4.69) is 0 Å². The minimum absolute atomic E-state index is 0.0487. The quantitative estimate of drug-likeness (QED) is 0.668. The largest absolute Gasteiger partial charge is 0.508 e. The Balaban J connectivity index is 2.42. The Bertz CT molecular complexity index is 354. The van der Waals surface area contributed by atoms with Crippen LogP contribution >= 0.6 is 0 Å². The molecule has 0 radical (unpaired) electrons. The molecule has 3 nitrogen and oxygen atoms in total. The molecule has 14 heavy (non-hydrogen) atoms. The Kier molecular flexibility index (Phi) is 1.93. The second kappa shape index (κ2) is 2.89. The summed E-state index contributed by atoms with van der Waals surface area (Å²) in [6.45, 7) is 1.74. The average Bonchev–Trinajstić information content (AvgIpc) is 2.84. The number of rotatable bonds is 2. The lowest BCUT2D eigenvalue weighted by Gasteiger charge is -2.20. The van der Waals surface area contributed by atoms with Crippen LogP contribution in [0.3, 0.4) is 0 Å². The molecule has 0 heterocycles. The van der Waals surface area contributed by atoms with Gasteiger partial charge in [0.2, 0.25) is 0 Å². The summed E-state index contributed by atoms with van der Waals surface area (Å²) in [4.78, 5) is 0. The molecule has 0 aliphatic heterocycles. The Hall–Kier alpha value is -1.22. The molecule has 1 fully saturated rings. The van der Waals surface area contributed by atoms with Gasteiger partial charge in [0.05, 0.1) is 6.10 Å². The van der Waals surface area contributed by atoms with E-state index in [4.69, 9.17) is 5.11 Å². The lowest BCUT2D eigenvalue weighted by atomic mass is 9.90. The molecule has 0 bridgehead atoms. The molecule has 1 aliphatic rings. The highest BCUT2D eigenvalue weighted by molar-refractivity contribution is 5.47. The minimum Gasteiger partial charge on any atom is -0.508 e. The van der Waals surface area contributed by atoms with Gasteiger partial charge in [-0.15, -0.1) is 0 Å². The van der Waals surface area contributed by atoms with Crippen LogP contribution in [-0.4, -0.2) is 21.4 Å². The fourth-order valence-electron chi connectivity index (χ4n) is 1.99. The summed E-state index contributed by atoms with van der Waals surface area (Å²) in [7, 11) is 0. The molecule has 1 aromatic carbocycles. The molecule has 1 saturated carbocycles. The van der Waals surface area contributed by atoms with Crippen molar-refractivity contribution in [1.82, 2.24) is 0 Å². The van der Waals surface area contributed by atoms with Gasteiger partial charge >= 0.3 is 0 Å². The SMILES string of the molecule is CC(O)C1(c2ccc(O)cc2O)CC1. The monoisotopic (exact) mass is 194 g/mol. The third kappa shape index (κ3) is 1.24.